The van der Waals surface area contributed by atoms with Crippen molar-refractivity contribution in [1.29, 1.82) is 0 Å². The van der Waals surface area contributed by atoms with Gasteiger partial charge in [-0.05, 0) is 30.3 Å². The van der Waals surface area contributed by atoms with E-state index in [0.29, 0.717) is 12.1 Å². The molecular formula is C21H20FN5O. The van der Waals surface area contributed by atoms with Gasteiger partial charge in [-0.15, -0.1) is 0 Å². The molecule has 0 amide bonds. The first-order valence-corrected chi connectivity index (χ1v) is 9.47. The Morgan fingerprint density at radius 3 is 2.57 bits per heavy atom. The van der Waals surface area contributed by atoms with Gasteiger partial charge in [0, 0.05) is 37.4 Å². The lowest BCUT2D eigenvalue weighted by Crippen LogP contribution is -2.46. The molecule has 6 nitrogen and oxygen atoms in total. The number of piperazine rings is 1. The quantitative estimate of drug-likeness (QED) is 0.757. The van der Waals surface area contributed by atoms with Gasteiger partial charge in [-0.3, -0.25) is 9.69 Å². The molecule has 1 N–H and O–H groups in total. The van der Waals surface area contributed by atoms with Gasteiger partial charge in [0.1, 0.15) is 17.5 Å². The van der Waals surface area contributed by atoms with Crippen molar-refractivity contribution in [3.63, 3.8) is 0 Å². The number of Topliss-reactive ketones (excluding diaryl/α,β-unsaturated/α-hetero) is 1. The fraction of sp³-hybridized carbons (Fsp3) is 0.286. The number of halogens is 1. The Hall–Kier alpha value is -3.06. The Bertz CT molecular complexity index is 1040. The number of aromatic nitrogens is 2. The van der Waals surface area contributed by atoms with Crippen LogP contribution in [0.1, 0.15) is 16.2 Å². The molecule has 2 aliphatic rings. The van der Waals surface area contributed by atoms with Crippen LogP contribution in [-0.4, -0.2) is 53.4 Å². The minimum atomic E-state index is -0.210. The smallest absolute Gasteiger partial charge is 0.182 e. The molecule has 3 aromatic rings. The summed E-state index contributed by atoms with van der Waals surface area (Å²) in [5.74, 6) is 1.38. The van der Waals surface area contributed by atoms with Crippen LogP contribution in [0.2, 0.25) is 0 Å². The van der Waals surface area contributed by atoms with Crippen LogP contribution >= 0.6 is 0 Å². The lowest BCUT2D eigenvalue weighted by Gasteiger charge is -2.35. The van der Waals surface area contributed by atoms with E-state index in [9.17, 15) is 9.18 Å². The van der Waals surface area contributed by atoms with Crippen molar-refractivity contribution in [2.75, 3.05) is 42.9 Å². The van der Waals surface area contributed by atoms with E-state index in [1.54, 1.807) is 0 Å². The summed E-state index contributed by atoms with van der Waals surface area (Å²) in [4.78, 5) is 26.0. The summed E-state index contributed by atoms with van der Waals surface area (Å²) in [6.45, 7) is 4.48. The fourth-order valence-electron chi connectivity index (χ4n) is 3.94. The Kier molecular flexibility index (Phi) is 4.16. The second-order valence-corrected chi connectivity index (χ2v) is 7.20. The van der Waals surface area contributed by atoms with Crippen LogP contribution in [0.5, 0.6) is 0 Å². The third-order valence-electron chi connectivity index (χ3n) is 5.42. The first kappa shape index (κ1) is 17.1. The highest BCUT2D eigenvalue weighted by Gasteiger charge is 2.23. The number of nitrogens with one attached hydrogen (secondary N) is 1. The van der Waals surface area contributed by atoms with Crippen molar-refractivity contribution in [1.82, 2.24) is 14.9 Å². The average molecular weight is 377 g/mol. The number of ketones is 1. The lowest BCUT2D eigenvalue weighted by molar-refractivity contribution is 0.101. The van der Waals surface area contributed by atoms with E-state index in [2.05, 4.69) is 20.1 Å². The van der Waals surface area contributed by atoms with Crippen LogP contribution in [0.3, 0.4) is 0 Å². The third kappa shape index (κ3) is 3.07. The monoisotopic (exact) mass is 377 g/mol. The average Bonchev–Trinajstić information content (AvgIpc) is 2.72. The summed E-state index contributed by atoms with van der Waals surface area (Å²) >= 11 is 0. The van der Waals surface area contributed by atoms with Crippen LogP contribution < -0.4 is 10.2 Å². The molecule has 0 spiro atoms. The number of rotatable bonds is 3. The van der Waals surface area contributed by atoms with Gasteiger partial charge in [0.25, 0.3) is 0 Å². The molecule has 142 valence electrons. The van der Waals surface area contributed by atoms with Gasteiger partial charge in [-0.25, -0.2) is 14.4 Å². The van der Waals surface area contributed by atoms with Crippen molar-refractivity contribution < 1.29 is 9.18 Å². The summed E-state index contributed by atoms with van der Waals surface area (Å²) in [6.07, 6.45) is 0. The number of benzene rings is 2. The normalized spacial score (nSPS) is 17.0. The van der Waals surface area contributed by atoms with Crippen LogP contribution in [-0.2, 0) is 6.54 Å². The molecule has 0 saturated carbocycles. The minimum Gasteiger partial charge on any atom is -0.369 e. The molecule has 0 bridgehead atoms. The summed E-state index contributed by atoms with van der Waals surface area (Å²) in [7, 11) is 0. The Morgan fingerprint density at radius 1 is 1.00 bits per heavy atom. The second-order valence-electron chi connectivity index (χ2n) is 7.20. The molecule has 0 aliphatic carbocycles. The molecule has 2 aromatic carbocycles. The molecule has 5 rings (SSSR count). The first-order chi connectivity index (χ1) is 13.7. The summed E-state index contributed by atoms with van der Waals surface area (Å²) < 4.78 is 13.1. The van der Waals surface area contributed by atoms with Gasteiger partial charge >= 0.3 is 0 Å². The molecule has 1 saturated heterocycles. The standard InChI is InChI=1S/C21H20FN5O/c22-14-4-6-15(7-5-14)27-10-8-26(9-11-27)13-19-24-17-3-1-2-16-18(28)12-23-21(25-19)20(16)17/h1-7H,8-13H2,(H,23,24,25). The maximum absolute atomic E-state index is 13.1. The van der Waals surface area contributed by atoms with Gasteiger partial charge in [0.15, 0.2) is 5.78 Å². The third-order valence-corrected chi connectivity index (χ3v) is 5.42. The summed E-state index contributed by atoms with van der Waals surface area (Å²) in [5, 5.41) is 3.95. The zero-order chi connectivity index (χ0) is 19.1. The van der Waals surface area contributed by atoms with E-state index in [0.717, 1.165) is 54.4 Å². The number of nitrogens with zero attached hydrogens (tertiary/aromatic N) is 4. The molecule has 1 aromatic heterocycles. The molecule has 0 unspecified atom stereocenters. The largest absolute Gasteiger partial charge is 0.369 e. The number of hydrogen-bond donors (Lipinski definition) is 1. The number of hydrogen-bond acceptors (Lipinski definition) is 6. The molecule has 0 radical (unpaired) electrons. The van der Waals surface area contributed by atoms with Crippen molar-refractivity contribution in [3.8, 4) is 0 Å². The molecule has 28 heavy (non-hydrogen) atoms. The maximum atomic E-state index is 13.1. The van der Waals surface area contributed by atoms with Crippen LogP contribution in [0, 0.1) is 5.82 Å². The van der Waals surface area contributed by atoms with E-state index < -0.39 is 0 Å². The highest BCUT2D eigenvalue weighted by molar-refractivity contribution is 6.15. The lowest BCUT2D eigenvalue weighted by atomic mass is 10.0. The Morgan fingerprint density at radius 2 is 1.79 bits per heavy atom. The zero-order valence-corrected chi connectivity index (χ0v) is 15.4. The fourth-order valence-corrected chi connectivity index (χ4v) is 3.94. The second kappa shape index (κ2) is 6.83. The van der Waals surface area contributed by atoms with E-state index in [4.69, 9.17) is 4.98 Å². The molecule has 1 fully saturated rings. The van der Waals surface area contributed by atoms with Crippen molar-refractivity contribution in [2.45, 2.75) is 6.54 Å². The summed E-state index contributed by atoms with van der Waals surface area (Å²) in [6, 6.07) is 12.3. The van der Waals surface area contributed by atoms with Gasteiger partial charge in [0.05, 0.1) is 24.0 Å². The van der Waals surface area contributed by atoms with Crippen molar-refractivity contribution >= 4 is 28.2 Å². The highest BCUT2D eigenvalue weighted by Crippen LogP contribution is 2.28. The maximum Gasteiger partial charge on any atom is 0.182 e. The van der Waals surface area contributed by atoms with Gasteiger partial charge < -0.3 is 10.2 Å². The SMILES string of the molecule is O=C1CNc2nc(CN3CCN(c4ccc(F)cc4)CC3)nc3cccc1c23. The van der Waals surface area contributed by atoms with Gasteiger partial charge in [-0.1, -0.05) is 12.1 Å². The molecule has 7 heteroatoms. The molecule has 2 aliphatic heterocycles. The van der Waals surface area contributed by atoms with Gasteiger partial charge in [-0.2, -0.15) is 0 Å². The number of anilines is 2. The van der Waals surface area contributed by atoms with E-state index in [1.807, 2.05) is 30.3 Å². The van der Waals surface area contributed by atoms with E-state index >= 15 is 0 Å². The number of carbonyl (C=O) groups is 1. The molecule has 0 atom stereocenters. The van der Waals surface area contributed by atoms with E-state index in [-0.39, 0.29) is 18.1 Å². The molecule has 3 heterocycles. The topological polar surface area (TPSA) is 61.4 Å². The predicted octanol–water partition coefficient (Wildman–Crippen LogP) is 2.70. The van der Waals surface area contributed by atoms with Crippen LogP contribution in [0.25, 0.3) is 10.9 Å². The first-order valence-electron chi connectivity index (χ1n) is 9.47. The highest BCUT2D eigenvalue weighted by atomic mass is 19.1. The Balaban J connectivity index is 1.32. The van der Waals surface area contributed by atoms with Crippen molar-refractivity contribution in [3.05, 3.63) is 59.7 Å². The molecular weight excluding hydrogens is 357 g/mol. The predicted molar refractivity (Wildman–Crippen MR) is 106 cm³/mol. The van der Waals surface area contributed by atoms with Crippen molar-refractivity contribution in [2.24, 2.45) is 0 Å². The number of carbonyl (C=O) groups excluding carboxylic acids is 1. The summed E-state index contributed by atoms with van der Waals surface area (Å²) in [5.41, 5.74) is 2.56. The minimum absolute atomic E-state index is 0.0753. The van der Waals surface area contributed by atoms with Crippen LogP contribution in [0.4, 0.5) is 15.9 Å². The van der Waals surface area contributed by atoms with Crippen LogP contribution in [0.15, 0.2) is 42.5 Å². The van der Waals surface area contributed by atoms with E-state index in [1.165, 1.54) is 12.1 Å². The Labute approximate surface area is 162 Å². The van der Waals surface area contributed by atoms with Gasteiger partial charge in [0.2, 0.25) is 0 Å². The zero-order valence-electron chi connectivity index (χ0n) is 15.4.